The molecule has 0 saturated carbocycles. The smallest absolute Gasteiger partial charge is 0.178 e. The lowest BCUT2D eigenvalue weighted by atomic mass is 10.1. The predicted octanol–water partition coefficient (Wildman–Crippen LogP) is 1.63. The van der Waals surface area contributed by atoms with Crippen LogP contribution >= 0.6 is 0 Å². The first-order valence-corrected chi connectivity index (χ1v) is 7.47. The van der Waals surface area contributed by atoms with Crippen LogP contribution in [0.25, 0.3) is 0 Å². The summed E-state index contributed by atoms with van der Waals surface area (Å²) in [5, 5.41) is 0. The topological polar surface area (TPSA) is 60.4 Å². The number of ether oxygens (including phenoxy) is 1. The molecule has 0 heterocycles. The van der Waals surface area contributed by atoms with Crippen LogP contribution in [-0.4, -0.2) is 33.7 Å². The van der Waals surface area contributed by atoms with E-state index in [0.29, 0.717) is 11.3 Å². The number of carbonyl (C=O) groups is 1. The number of sulfone groups is 1. The van der Waals surface area contributed by atoms with Crippen molar-refractivity contribution in [3.8, 4) is 0 Å². The second-order valence-corrected chi connectivity index (χ2v) is 6.22. The van der Waals surface area contributed by atoms with Crippen molar-refractivity contribution in [2.24, 2.45) is 0 Å². The van der Waals surface area contributed by atoms with Crippen LogP contribution in [0.4, 0.5) is 0 Å². The average Bonchev–Trinajstić information content (AvgIpc) is 2.30. The molecule has 100 valence electrons. The third kappa shape index (κ3) is 4.23. The zero-order valence-corrected chi connectivity index (χ0v) is 11.5. The van der Waals surface area contributed by atoms with Crippen LogP contribution in [0.1, 0.15) is 18.9 Å². The maximum Gasteiger partial charge on any atom is 0.178 e. The van der Waals surface area contributed by atoms with Gasteiger partial charge in [0, 0.05) is 13.5 Å². The zero-order chi connectivity index (χ0) is 13.6. The van der Waals surface area contributed by atoms with Gasteiger partial charge < -0.3 is 4.74 Å². The van der Waals surface area contributed by atoms with Crippen LogP contribution in [0.15, 0.2) is 29.2 Å². The Morgan fingerprint density at radius 1 is 1.22 bits per heavy atom. The molecule has 0 fully saturated rings. The van der Waals surface area contributed by atoms with Crippen molar-refractivity contribution >= 4 is 15.6 Å². The zero-order valence-electron chi connectivity index (χ0n) is 10.7. The predicted molar refractivity (Wildman–Crippen MR) is 69.4 cm³/mol. The van der Waals surface area contributed by atoms with Gasteiger partial charge in [0.2, 0.25) is 0 Å². The van der Waals surface area contributed by atoms with E-state index >= 15 is 0 Å². The molecule has 4 nitrogen and oxygen atoms in total. The number of carbonyl (C=O) groups excluding carboxylic acids is 1. The highest BCUT2D eigenvalue weighted by Gasteiger charge is 2.13. The van der Waals surface area contributed by atoms with Gasteiger partial charge in [0.25, 0.3) is 0 Å². The highest BCUT2D eigenvalue weighted by atomic mass is 32.2. The molecule has 18 heavy (non-hydrogen) atoms. The van der Waals surface area contributed by atoms with Gasteiger partial charge in [-0.25, -0.2) is 8.42 Å². The van der Waals surface area contributed by atoms with Crippen molar-refractivity contribution in [3.05, 3.63) is 29.8 Å². The molecule has 0 unspecified atom stereocenters. The Kier molecular flexibility index (Phi) is 5.50. The molecular formula is C13H18O4S. The van der Waals surface area contributed by atoms with Crippen LogP contribution < -0.4 is 0 Å². The Morgan fingerprint density at radius 2 is 1.83 bits per heavy atom. The highest BCUT2D eigenvalue weighted by Crippen LogP contribution is 2.13. The summed E-state index contributed by atoms with van der Waals surface area (Å²) in [6, 6.07) is 6.47. The Hall–Kier alpha value is -1.20. The van der Waals surface area contributed by atoms with E-state index in [4.69, 9.17) is 4.74 Å². The molecule has 0 bridgehead atoms. The summed E-state index contributed by atoms with van der Waals surface area (Å²) < 4.78 is 28.3. The fourth-order valence-electron chi connectivity index (χ4n) is 1.64. The average molecular weight is 270 g/mol. The molecule has 1 rings (SSSR count). The number of ketones is 1. The SMILES string of the molecule is CCCS(=O)(=O)c1ccc(CC(=O)COC)cc1. The quantitative estimate of drug-likeness (QED) is 0.755. The molecule has 0 aliphatic heterocycles. The first-order valence-electron chi connectivity index (χ1n) is 5.82. The fourth-order valence-corrected chi connectivity index (χ4v) is 2.96. The van der Waals surface area contributed by atoms with E-state index in [1.165, 1.54) is 7.11 Å². The monoisotopic (exact) mass is 270 g/mol. The number of methoxy groups -OCH3 is 1. The van der Waals surface area contributed by atoms with Crippen LogP contribution in [0.5, 0.6) is 0 Å². The third-order valence-corrected chi connectivity index (χ3v) is 4.40. The minimum atomic E-state index is -3.18. The standard InChI is InChI=1S/C13H18O4S/c1-3-8-18(15,16)13-6-4-11(5-7-13)9-12(14)10-17-2/h4-7H,3,8-10H2,1-2H3. The largest absolute Gasteiger partial charge is 0.377 e. The van der Waals surface area contributed by atoms with Crippen LogP contribution in [0.3, 0.4) is 0 Å². The van der Waals surface area contributed by atoms with Gasteiger partial charge in [0.15, 0.2) is 15.6 Å². The maximum absolute atomic E-state index is 11.8. The summed E-state index contributed by atoms with van der Waals surface area (Å²) in [5.41, 5.74) is 0.799. The molecule has 0 amide bonds. The van der Waals surface area contributed by atoms with E-state index in [1.54, 1.807) is 24.3 Å². The van der Waals surface area contributed by atoms with E-state index in [2.05, 4.69) is 0 Å². The summed E-state index contributed by atoms with van der Waals surface area (Å²) in [5.74, 6) is 0.122. The van der Waals surface area contributed by atoms with Gasteiger partial charge in [0.1, 0.15) is 6.61 Å². The van der Waals surface area contributed by atoms with Gasteiger partial charge in [0.05, 0.1) is 10.6 Å². The second kappa shape index (κ2) is 6.66. The molecule has 1 aromatic carbocycles. The second-order valence-electron chi connectivity index (χ2n) is 4.11. The van der Waals surface area contributed by atoms with Crippen molar-refractivity contribution in [3.63, 3.8) is 0 Å². The van der Waals surface area contributed by atoms with Gasteiger partial charge in [-0.05, 0) is 24.1 Å². The summed E-state index contributed by atoms with van der Waals surface area (Å²) in [7, 11) is -1.70. The van der Waals surface area contributed by atoms with Crippen molar-refractivity contribution in [2.45, 2.75) is 24.7 Å². The van der Waals surface area contributed by atoms with E-state index in [0.717, 1.165) is 5.56 Å². The lowest BCUT2D eigenvalue weighted by Gasteiger charge is -2.04. The summed E-state index contributed by atoms with van der Waals surface area (Å²) in [4.78, 5) is 11.7. The molecule has 0 saturated heterocycles. The van der Waals surface area contributed by atoms with E-state index in [-0.39, 0.29) is 24.6 Å². The molecule has 0 aromatic heterocycles. The lowest BCUT2D eigenvalue weighted by Crippen LogP contribution is -2.10. The van der Waals surface area contributed by atoms with Crippen molar-refractivity contribution in [1.82, 2.24) is 0 Å². The normalized spacial score (nSPS) is 11.4. The van der Waals surface area contributed by atoms with Gasteiger partial charge in [-0.15, -0.1) is 0 Å². The Balaban J connectivity index is 2.77. The summed E-state index contributed by atoms with van der Waals surface area (Å²) in [6.07, 6.45) is 0.859. The molecule has 0 aliphatic rings. The Morgan fingerprint density at radius 3 is 2.33 bits per heavy atom. The molecule has 0 aliphatic carbocycles. The van der Waals surface area contributed by atoms with Gasteiger partial charge in [-0.1, -0.05) is 19.1 Å². The van der Waals surface area contributed by atoms with Crippen LogP contribution in [0, 0.1) is 0 Å². The van der Waals surface area contributed by atoms with Crippen LogP contribution in [-0.2, 0) is 25.8 Å². The summed E-state index contributed by atoms with van der Waals surface area (Å²) in [6.45, 7) is 1.91. The minimum Gasteiger partial charge on any atom is -0.377 e. The first-order chi connectivity index (χ1) is 8.49. The van der Waals surface area contributed by atoms with Crippen LogP contribution in [0.2, 0.25) is 0 Å². The summed E-state index contributed by atoms with van der Waals surface area (Å²) >= 11 is 0. The van der Waals surface area contributed by atoms with Gasteiger partial charge in [-0.3, -0.25) is 4.79 Å². The first kappa shape index (κ1) is 14.9. The molecule has 1 aromatic rings. The molecular weight excluding hydrogens is 252 g/mol. The molecule has 0 radical (unpaired) electrons. The van der Waals surface area contributed by atoms with Gasteiger partial charge >= 0.3 is 0 Å². The Labute approximate surface area is 108 Å². The number of Topliss-reactive ketones (excluding diaryl/α,β-unsaturated/α-hetero) is 1. The number of rotatable bonds is 7. The molecule has 5 heteroatoms. The number of hydrogen-bond acceptors (Lipinski definition) is 4. The minimum absolute atomic E-state index is 0.0262. The van der Waals surface area contributed by atoms with Crippen molar-refractivity contribution in [1.29, 1.82) is 0 Å². The van der Waals surface area contributed by atoms with E-state index in [1.807, 2.05) is 6.92 Å². The van der Waals surface area contributed by atoms with Gasteiger partial charge in [-0.2, -0.15) is 0 Å². The van der Waals surface area contributed by atoms with Crippen molar-refractivity contribution in [2.75, 3.05) is 19.5 Å². The number of benzene rings is 1. The van der Waals surface area contributed by atoms with E-state index in [9.17, 15) is 13.2 Å². The molecule has 0 N–H and O–H groups in total. The maximum atomic E-state index is 11.8. The Bertz CT molecular complexity index is 488. The molecule has 0 atom stereocenters. The lowest BCUT2D eigenvalue weighted by molar-refractivity contribution is -0.121. The van der Waals surface area contributed by atoms with E-state index < -0.39 is 9.84 Å². The highest BCUT2D eigenvalue weighted by molar-refractivity contribution is 7.91. The van der Waals surface area contributed by atoms with Crippen molar-refractivity contribution < 1.29 is 17.9 Å². The number of hydrogen-bond donors (Lipinski definition) is 0. The third-order valence-electron chi connectivity index (χ3n) is 2.46. The molecule has 0 spiro atoms. The fraction of sp³-hybridized carbons (Fsp3) is 0.462.